The number of rotatable bonds is 4. The molecule has 0 amide bonds. The van der Waals surface area contributed by atoms with Crippen molar-refractivity contribution >= 4 is 22.7 Å². The Kier molecular flexibility index (Phi) is 4.65. The van der Waals surface area contributed by atoms with Gasteiger partial charge in [-0.1, -0.05) is 17.7 Å². The number of aryl methyl sites for hydroxylation is 1. The molecule has 2 aromatic carbocycles. The van der Waals surface area contributed by atoms with Crippen LogP contribution in [0.4, 0.5) is 0 Å². The lowest BCUT2D eigenvalue weighted by atomic mass is 10.0. The number of carbonyl (C=O) groups excluding carboxylic acids is 2. The minimum Gasteiger partial charge on any atom is -0.490 e. The molecule has 22 heavy (non-hydrogen) atoms. The van der Waals surface area contributed by atoms with E-state index in [1.165, 1.54) is 13.8 Å². The van der Waals surface area contributed by atoms with Gasteiger partial charge in [-0.2, -0.15) is 0 Å². The van der Waals surface area contributed by atoms with Crippen LogP contribution in [0.1, 0.15) is 26.3 Å². The maximum absolute atomic E-state index is 11.4. The third-order valence-electron chi connectivity index (χ3n) is 2.97. The largest absolute Gasteiger partial charge is 0.490 e. The number of esters is 2. The summed E-state index contributed by atoms with van der Waals surface area (Å²) in [6.07, 6.45) is 0. The number of ether oxygens (including phenoxy) is 3. The van der Waals surface area contributed by atoms with Gasteiger partial charge in [-0.15, -0.1) is 0 Å². The Morgan fingerprint density at radius 2 is 1.64 bits per heavy atom. The first-order chi connectivity index (χ1) is 10.4. The van der Waals surface area contributed by atoms with E-state index < -0.39 is 11.9 Å². The molecule has 0 aromatic heterocycles. The predicted molar refractivity (Wildman–Crippen MR) is 82.5 cm³/mol. The molecule has 5 heteroatoms. The molecule has 0 N–H and O–H groups in total. The van der Waals surface area contributed by atoms with Crippen LogP contribution in [-0.2, 0) is 9.59 Å². The summed E-state index contributed by atoms with van der Waals surface area (Å²) in [6, 6.07) is 7.16. The van der Waals surface area contributed by atoms with Crippen molar-refractivity contribution in [1.29, 1.82) is 0 Å². The summed E-state index contributed by atoms with van der Waals surface area (Å²) in [5.74, 6) is 0.214. The number of hydrogen-bond acceptors (Lipinski definition) is 5. The predicted octanol–water partition coefficient (Wildman–Crippen LogP) is 3.40. The number of carbonyl (C=O) groups is 2. The van der Waals surface area contributed by atoms with E-state index in [0.717, 1.165) is 5.56 Å². The Hall–Kier alpha value is -2.56. The number of fused-ring (bicyclic) bond motifs is 1. The lowest BCUT2D eigenvalue weighted by Gasteiger charge is -2.16. The van der Waals surface area contributed by atoms with Gasteiger partial charge in [0, 0.05) is 30.7 Å². The van der Waals surface area contributed by atoms with Crippen molar-refractivity contribution in [3.8, 4) is 17.2 Å². The van der Waals surface area contributed by atoms with Crippen molar-refractivity contribution in [2.45, 2.75) is 27.7 Å². The normalized spacial score (nSPS) is 10.4. The quantitative estimate of drug-likeness (QED) is 0.640. The lowest BCUT2D eigenvalue weighted by Crippen LogP contribution is -2.07. The molecule has 0 aliphatic carbocycles. The molecular weight excluding hydrogens is 284 g/mol. The van der Waals surface area contributed by atoms with Crippen molar-refractivity contribution in [3.05, 3.63) is 29.8 Å². The Balaban J connectivity index is 2.77. The zero-order valence-corrected chi connectivity index (χ0v) is 13.1. The number of benzene rings is 2. The third kappa shape index (κ3) is 3.36. The minimum atomic E-state index is -0.441. The van der Waals surface area contributed by atoms with Gasteiger partial charge in [0.25, 0.3) is 0 Å². The second-order valence-electron chi connectivity index (χ2n) is 4.87. The highest BCUT2D eigenvalue weighted by Crippen LogP contribution is 2.42. The molecule has 0 bridgehead atoms. The smallest absolute Gasteiger partial charge is 0.308 e. The molecule has 0 atom stereocenters. The highest BCUT2D eigenvalue weighted by molar-refractivity contribution is 5.98. The highest BCUT2D eigenvalue weighted by atomic mass is 16.6. The average molecular weight is 302 g/mol. The molecule has 0 aliphatic heterocycles. The van der Waals surface area contributed by atoms with E-state index in [9.17, 15) is 9.59 Å². The molecule has 0 saturated heterocycles. The zero-order chi connectivity index (χ0) is 16.3. The Morgan fingerprint density at radius 1 is 0.955 bits per heavy atom. The lowest BCUT2D eigenvalue weighted by molar-refractivity contribution is -0.133. The Bertz CT molecular complexity index is 733. The van der Waals surface area contributed by atoms with E-state index in [-0.39, 0.29) is 0 Å². The van der Waals surface area contributed by atoms with Gasteiger partial charge in [-0.25, -0.2) is 0 Å². The molecule has 5 nitrogen and oxygen atoms in total. The van der Waals surface area contributed by atoms with Crippen molar-refractivity contribution < 1.29 is 23.8 Å². The average Bonchev–Trinajstić information content (AvgIpc) is 2.42. The van der Waals surface area contributed by atoms with Gasteiger partial charge in [-0.3, -0.25) is 9.59 Å². The maximum Gasteiger partial charge on any atom is 0.308 e. The van der Waals surface area contributed by atoms with Crippen molar-refractivity contribution in [1.82, 2.24) is 0 Å². The fourth-order valence-corrected chi connectivity index (χ4v) is 2.21. The molecule has 116 valence electrons. The van der Waals surface area contributed by atoms with Gasteiger partial charge in [0.15, 0.2) is 11.5 Å². The summed E-state index contributed by atoms with van der Waals surface area (Å²) >= 11 is 0. The van der Waals surface area contributed by atoms with Gasteiger partial charge >= 0.3 is 11.9 Å². The van der Waals surface area contributed by atoms with Crippen LogP contribution in [0.15, 0.2) is 24.3 Å². The Morgan fingerprint density at radius 3 is 2.23 bits per heavy atom. The van der Waals surface area contributed by atoms with Crippen LogP contribution in [-0.4, -0.2) is 18.5 Å². The van der Waals surface area contributed by atoms with Crippen LogP contribution in [0.3, 0.4) is 0 Å². The topological polar surface area (TPSA) is 61.8 Å². The molecule has 0 saturated carbocycles. The summed E-state index contributed by atoms with van der Waals surface area (Å²) in [7, 11) is 0. The number of hydrogen-bond donors (Lipinski definition) is 0. The van der Waals surface area contributed by atoms with E-state index in [0.29, 0.717) is 34.6 Å². The van der Waals surface area contributed by atoms with Crippen LogP contribution in [0.2, 0.25) is 0 Å². The summed E-state index contributed by atoms with van der Waals surface area (Å²) < 4.78 is 16.1. The zero-order valence-electron chi connectivity index (χ0n) is 13.1. The minimum absolute atomic E-state index is 0.337. The van der Waals surface area contributed by atoms with Gasteiger partial charge in [0.1, 0.15) is 5.75 Å². The van der Waals surface area contributed by atoms with Crippen LogP contribution >= 0.6 is 0 Å². The third-order valence-corrected chi connectivity index (χ3v) is 2.97. The molecule has 0 spiro atoms. The van der Waals surface area contributed by atoms with Gasteiger partial charge in [-0.05, 0) is 19.9 Å². The first-order valence-corrected chi connectivity index (χ1v) is 6.99. The monoisotopic (exact) mass is 302 g/mol. The first-order valence-electron chi connectivity index (χ1n) is 6.99. The second kappa shape index (κ2) is 6.47. The van der Waals surface area contributed by atoms with Crippen LogP contribution in [0.25, 0.3) is 10.8 Å². The molecule has 0 aliphatic rings. The molecule has 0 radical (unpaired) electrons. The molecule has 0 heterocycles. The Labute approximate surface area is 128 Å². The van der Waals surface area contributed by atoms with E-state index in [2.05, 4.69) is 0 Å². The molecule has 2 aromatic rings. The van der Waals surface area contributed by atoms with Crippen LogP contribution in [0, 0.1) is 6.92 Å². The van der Waals surface area contributed by atoms with Crippen molar-refractivity contribution in [3.63, 3.8) is 0 Å². The van der Waals surface area contributed by atoms with E-state index in [1.54, 1.807) is 6.07 Å². The first kappa shape index (κ1) is 15.8. The molecule has 2 rings (SSSR count). The fraction of sp³-hybridized carbons (Fsp3) is 0.294. The molecule has 0 unspecified atom stereocenters. The maximum atomic E-state index is 11.4. The van der Waals surface area contributed by atoms with Crippen molar-refractivity contribution in [2.24, 2.45) is 0 Å². The van der Waals surface area contributed by atoms with E-state index in [4.69, 9.17) is 14.2 Å². The second-order valence-corrected chi connectivity index (χ2v) is 4.87. The standard InChI is InChI=1S/C17H18O5/c1-5-20-16-9-15(21-11(3)18)13-7-6-10(2)8-14(13)17(16)22-12(4)19/h6-9H,5H2,1-4H3. The SMILES string of the molecule is CCOc1cc(OC(C)=O)c2ccc(C)cc2c1OC(C)=O. The summed E-state index contributed by atoms with van der Waals surface area (Å²) in [6.45, 7) is 6.81. The highest BCUT2D eigenvalue weighted by Gasteiger charge is 2.18. The van der Waals surface area contributed by atoms with E-state index >= 15 is 0 Å². The summed E-state index contributed by atoms with van der Waals surface area (Å²) in [5.41, 5.74) is 0.989. The van der Waals surface area contributed by atoms with Gasteiger partial charge in [0.05, 0.1) is 6.61 Å². The molecular formula is C17H18O5. The fourth-order valence-electron chi connectivity index (χ4n) is 2.21. The van der Waals surface area contributed by atoms with Gasteiger partial charge < -0.3 is 14.2 Å². The van der Waals surface area contributed by atoms with Crippen molar-refractivity contribution in [2.75, 3.05) is 6.61 Å². The van der Waals surface area contributed by atoms with Crippen LogP contribution in [0.5, 0.6) is 17.2 Å². The van der Waals surface area contributed by atoms with Gasteiger partial charge in [0.2, 0.25) is 0 Å². The molecule has 0 fully saturated rings. The van der Waals surface area contributed by atoms with Crippen LogP contribution < -0.4 is 14.2 Å². The van der Waals surface area contributed by atoms with E-state index in [1.807, 2.05) is 32.0 Å². The summed E-state index contributed by atoms with van der Waals surface area (Å²) in [4.78, 5) is 22.7. The summed E-state index contributed by atoms with van der Waals surface area (Å²) in [5, 5.41) is 1.35.